The van der Waals surface area contributed by atoms with Crippen molar-refractivity contribution in [2.45, 2.75) is 12.3 Å². The molecule has 62 valence electrons. The summed E-state index contributed by atoms with van der Waals surface area (Å²) in [4.78, 5) is 3.31. The van der Waals surface area contributed by atoms with Gasteiger partial charge in [0.05, 0.1) is 0 Å². The Hall–Kier alpha value is -0.760. The van der Waals surface area contributed by atoms with E-state index in [4.69, 9.17) is 0 Å². The third-order valence-electron chi connectivity index (χ3n) is 2.03. The molecule has 0 aliphatic carbocycles. The maximum atomic E-state index is 3.47. The number of aromatic nitrogens is 1. The molecule has 1 aromatic carbocycles. The van der Waals surface area contributed by atoms with Crippen LogP contribution in [0.5, 0.6) is 0 Å². The van der Waals surface area contributed by atoms with Crippen LogP contribution in [0.4, 0.5) is 0 Å². The van der Waals surface area contributed by atoms with Crippen LogP contribution in [0.25, 0.3) is 10.9 Å². The number of alkyl halides is 1. The predicted molar refractivity (Wildman–Crippen MR) is 55.7 cm³/mol. The average molecular weight is 224 g/mol. The van der Waals surface area contributed by atoms with Crippen molar-refractivity contribution in [1.29, 1.82) is 0 Å². The van der Waals surface area contributed by atoms with Gasteiger partial charge in [-0.05, 0) is 24.6 Å². The Bertz CT molecular complexity index is 403. The van der Waals surface area contributed by atoms with Crippen molar-refractivity contribution in [3.8, 4) is 0 Å². The molecule has 1 heterocycles. The SMILES string of the molecule is Cc1cc2c(CBr)cccc2[nH]1. The molecule has 2 heteroatoms. The molecule has 0 spiro atoms. The number of rotatable bonds is 1. The molecular formula is C10H10BrN. The Balaban J connectivity index is 2.78. The Kier molecular flexibility index (Phi) is 1.93. The molecule has 0 radical (unpaired) electrons. The number of hydrogen-bond donors (Lipinski definition) is 1. The summed E-state index contributed by atoms with van der Waals surface area (Å²) in [6.07, 6.45) is 0. The van der Waals surface area contributed by atoms with Crippen LogP contribution in [-0.2, 0) is 5.33 Å². The van der Waals surface area contributed by atoms with Crippen LogP contribution in [0.3, 0.4) is 0 Å². The van der Waals surface area contributed by atoms with Gasteiger partial charge in [0.2, 0.25) is 0 Å². The van der Waals surface area contributed by atoms with E-state index in [0.717, 1.165) is 5.33 Å². The highest BCUT2D eigenvalue weighted by Gasteiger charge is 2.00. The fourth-order valence-electron chi connectivity index (χ4n) is 1.47. The topological polar surface area (TPSA) is 15.8 Å². The van der Waals surface area contributed by atoms with E-state index in [9.17, 15) is 0 Å². The molecule has 0 aliphatic rings. The van der Waals surface area contributed by atoms with Gasteiger partial charge in [0.15, 0.2) is 0 Å². The van der Waals surface area contributed by atoms with Crippen molar-refractivity contribution in [2.75, 3.05) is 0 Å². The number of nitrogens with one attached hydrogen (secondary N) is 1. The molecule has 0 bridgehead atoms. The normalized spacial score (nSPS) is 10.8. The van der Waals surface area contributed by atoms with Gasteiger partial charge in [0, 0.05) is 21.9 Å². The van der Waals surface area contributed by atoms with Crippen molar-refractivity contribution in [3.63, 3.8) is 0 Å². The minimum absolute atomic E-state index is 0.918. The molecular weight excluding hydrogens is 214 g/mol. The summed E-state index contributed by atoms with van der Waals surface area (Å²) in [5.41, 5.74) is 3.79. The lowest BCUT2D eigenvalue weighted by atomic mass is 10.1. The first-order valence-electron chi connectivity index (χ1n) is 3.94. The zero-order valence-corrected chi connectivity index (χ0v) is 8.48. The average Bonchev–Trinajstić information content (AvgIpc) is 2.44. The largest absolute Gasteiger partial charge is 0.359 e. The Labute approximate surface area is 79.9 Å². The number of H-pyrrole nitrogens is 1. The second-order valence-corrected chi connectivity index (χ2v) is 3.53. The molecule has 1 nitrogen and oxygen atoms in total. The van der Waals surface area contributed by atoms with E-state index in [1.807, 2.05) is 0 Å². The van der Waals surface area contributed by atoms with Crippen LogP contribution >= 0.6 is 15.9 Å². The van der Waals surface area contributed by atoms with Crippen LogP contribution < -0.4 is 0 Å². The van der Waals surface area contributed by atoms with Gasteiger partial charge in [-0.25, -0.2) is 0 Å². The number of aromatic amines is 1. The number of hydrogen-bond acceptors (Lipinski definition) is 0. The van der Waals surface area contributed by atoms with Crippen LogP contribution in [0.15, 0.2) is 24.3 Å². The molecule has 2 rings (SSSR count). The van der Waals surface area contributed by atoms with Crippen molar-refractivity contribution in [2.24, 2.45) is 0 Å². The maximum Gasteiger partial charge on any atom is 0.0459 e. The summed E-state index contributed by atoms with van der Waals surface area (Å²) in [6.45, 7) is 2.08. The molecule has 0 unspecified atom stereocenters. The van der Waals surface area contributed by atoms with E-state index in [0.29, 0.717) is 0 Å². The minimum Gasteiger partial charge on any atom is -0.359 e. The highest BCUT2D eigenvalue weighted by molar-refractivity contribution is 9.08. The predicted octanol–water partition coefficient (Wildman–Crippen LogP) is 3.37. The summed E-state index contributed by atoms with van der Waals surface area (Å²) in [7, 11) is 0. The van der Waals surface area contributed by atoms with E-state index in [2.05, 4.69) is 52.1 Å². The zero-order valence-electron chi connectivity index (χ0n) is 6.89. The fourth-order valence-corrected chi connectivity index (χ4v) is 1.96. The van der Waals surface area contributed by atoms with Gasteiger partial charge < -0.3 is 4.98 Å². The van der Waals surface area contributed by atoms with Crippen molar-refractivity contribution >= 4 is 26.8 Å². The maximum absolute atomic E-state index is 3.47. The monoisotopic (exact) mass is 223 g/mol. The quantitative estimate of drug-likeness (QED) is 0.714. The molecule has 1 aromatic heterocycles. The molecule has 0 aliphatic heterocycles. The van der Waals surface area contributed by atoms with E-state index in [1.54, 1.807) is 0 Å². The van der Waals surface area contributed by atoms with Crippen LogP contribution in [0.2, 0.25) is 0 Å². The summed E-state index contributed by atoms with van der Waals surface area (Å²) < 4.78 is 0. The summed E-state index contributed by atoms with van der Waals surface area (Å²) >= 11 is 3.47. The first-order chi connectivity index (χ1) is 5.81. The third-order valence-corrected chi connectivity index (χ3v) is 2.64. The number of benzene rings is 1. The Morgan fingerprint density at radius 2 is 2.25 bits per heavy atom. The van der Waals surface area contributed by atoms with E-state index >= 15 is 0 Å². The molecule has 0 amide bonds. The van der Waals surface area contributed by atoms with Crippen LogP contribution in [0.1, 0.15) is 11.3 Å². The van der Waals surface area contributed by atoms with E-state index < -0.39 is 0 Å². The van der Waals surface area contributed by atoms with Crippen molar-refractivity contribution in [3.05, 3.63) is 35.5 Å². The van der Waals surface area contributed by atoms with Gasteiger partial charge in [-0.3, -0.25) is 0 Å². The standard InChI is InChI=1S/C10H10BrN/c1-7-5-9-8(6-11)3-2-4-10(9)12-7/h2-5,12H,6H2,1H3. The van der Waals surface area contributed by atoms with Gasteiger partial charge in [0.1, 0.15) is 0 Å². The number of halogens is 1. The summed E-state index contributed by atoms with van der Waals surface area (Å²) in [5, 5.41) is 2.24. The van der Waals surface area contributed by atoms with Gasteiger partial charge in [0.25, 0.3) is 0 Å². The molecule has 2 aromatic rings. The Morgan fingerprint density at radius 3 is 3.00 bits per heavy atom. The second-order valence-electron chi connectivity index (χ2n) is 2.96. The molecule has 0 fully saturated rings. The molecule has 0 saturated heterocycles. The lowest BCUT2D eigenvalue weighted by molar-refractivity contribution is 1.30. The van der Waals surface area contributed by atoms with E-state index in [-0.39, 0.29) is 0 Å². The van der Waals surface area contributed by atoms with Gasteiger partial charge in [-0.15, -0.1) is 0 Å². The molecule has 12 heavy (non-hydrogen) atoms. The first-order valence-corrected chi connectivity index (χ1v) is 5.06. The van der Waals surface area contributed by atoms with Gasteiger partial charge in [-0.2, -0.15) is 0 Å². The van der Waals surface area contributed by atoms with Crippen LogP contribution in [0, 0.1) is 6.92 Å². The fraction of sp³-hybridized carbons (Fsp3) is 0.200. The minimum atomic E-state index is 0.918. The highest BCUT2D eigenvalue weighted by Crippen LogP contribution is 2.21. The second kappa shape index (κ2) is 2.94. The molecule has 0 saturated carbocycles. The Morgan fingerprint density at radius 1 is 1.42 bits per heavy atom. The highest BCUT2D eigenvalue weighted by atomic mass is 79.9. The lowest BCUT2D eigenvalue weighted by Gasteiger charge is -1.95. The number of aryl methyl sites for hydroxylation is 1. The number of fused-ring (bicyclic) bond motifs is 1. The zero-order chi connectivity index (χ0) is 8.55. The van der Waals surface area contributed by atoms with Crippen LogP contribution in [-0.4, -0.2) is 4.98 Å². The smallest absolute Gasteiger partial charge is 0.0459 e. The first kappa shape index (κ1) is 7.87. The third kappa shape index (κ3) is 1.16. The molecule has 0 atom stereocenters. The van der Waals surface area contributed by atoms with Gasteiger partial charge >= 0.3 is 0 Å². The van der Waals surface area contributed by atoms with Gasteiger partial charge in [-0.1, -0.05) is 28.1 Å². The summed E-state index contributed by atoms with van der Waals surface area (Å²) in [5.74, 6) is 0. The van der Waals surface area contributed by atoms with E-state index in [1.165, 1.54) is 22.2 Å². The summed E-state index contributed by atoms with van der Waals surface area (Å²) in [6, 6.07) is 8.51. The lowest BCUT2D eigenvalue weighted by Crippen LogP contribution is -1.76. The van der Waals surface area contributed by atoms with Crippen molar-refractivity contribution in [1.82, 2.24) is 4.98 Å². The molecule has 1 N–H and O–H groups in total. The van der Waals surface area contributed by atoms with Crippen molar-refractivity contribution < 1.29 is 0 Å².